The molecule has 4 rings (SSSR count). The van der Waals surface area contributed by atoms with Gasteiger partial charge in [0, 0.05) is 23.9 Å². The van der Waals surface area contributed by atoms with Gasteiger partial charge < -0.3 is 9.80 Å². The van der Waals surface area contributed by atoms with Crippen LogP contribution >= 0.6 is 11.3 Å². The van der Waals surface area contributed by atoms with Gasteiger partial charge in [-0.2, -0.15) is 11.3 Å². The Morgan fingerprint density at radius 2 is 1.86 bits per heavy atom. The number of hydrogen-bond acceptors (Lipinski definition) is 4. The van der Waals surface area contributed by atoms with E-state index in [0.29, 0.717) is 24.3 Å². The maximum atomic E-state index is 13.3. The van der Waals surface area contributed by atoms with Gasteiger partial charge in [-0.05, 0) is 35.7 Å². The third-order valence-electron chi connectivity index (χ3n) is 5.07. The highest BCUT2D eigenvalue weighted by Gasteiger charge is 2.50. The molecule has 28 heavy (non-hydrogen) atoms. The van der Waals surface area contributed by atoms with E-state index in [4.69, 9.17) is 0 Å². The zero-order valence-electron chi connectivity index (χ0n) is 15.6. The Morgan fingerprint density at radius 3 is 2.50 bits per heavy atom. The monoisotopic (exact) mass is 401 g/mol. The topological polar surface area (TPSA) is 60.9 Å². The van der Waals surface area contributed by atoms with E-state index in [1.54, 1.807) is 16.3 Å². The lowest BCUT2D eigenvalue weighted by atomic mass is 9.92. The van der Waals surface area contributed by atoms with Crippen molar-refractivity contribution in [3.05, 3.63) is 52.5 Å². The van der Waals surface area contributed by atoms with Gasteiger partial charge in [-0.1, -0.05) is 13.8 Å². The third kappa shape index (κ3) is 3.17. The van der Waals surface area contributed by atoms with Gasteiger partial charge in [-0.3, -0.25) is 9.59 Å². The molecule has 0 N–H and O–H groups in total. The molecule has 1 aromatic heterocycles. The lowest BCUT2D eigenvalue weighted by Gasteiger charge is -2.30. The van der Waals surface area contributed by atoms with E-state index >= 15 is 0 Å². The Hall–Kier alpha value is -2.74. The number of carbonyl (C=O) groups excluding carboxylic acids is 3. The van der Waals surface area contributed by atoms with Crippen LogP contribution in [0, 0.1) is 11.2 Å². The third-order valence-corrected chi connectivity index (χ3v) is 5.75. The quantitative estimate of drug-likeness (QED) is 0.726. The number of amides is 4. The Balaban J connectivity index is 1.67. The fourth-order valence-electron chi connectivity index (χ4n) is 3.85. The summed E-state index contributed by atoms with van der Waals surface area (Å²) in [5, 5.41) is 3.62. The molecular formula is C20H20FN3O3S. The molecule has 2 aromatic rings. The van der Waals surface area contributed by atoms with Crippen molar-refractivity contribution in [2.45, 2.75) is 19.9 Å². The van der Waals surface area contributed by atoms with Gasteiger partial charge in [-0.25, -0.2) is 14.1 Å². The molecule has 0 radical (unpaired) electrons. The number of benzene rings is 1. The predicted molar refractivity (Wildman–Crippen MR) is 104 cm³/mol. The van der Waals surface area contributed by atoms with Crippen LogP contribution in [0.4, 0.5) is 14.9 Å². The van der Waals surface area contributed by atoms with Crippen molar-refractivity contribution < 1.29 is 18.8 Å². The molecule has 2 aliphatic heterocycles. The van der Waals surface area contributed by atoms with Crippen molar-refractivity contribution in [3.63, 3.8) is 0 Å². The average Bonchev–Trinajstić information content (AvgIpc) is 3.21. The van der Waals surface area contributed by atoms with E-state index in [2.05, 4.69) is 0 Å². The summed E-state index contributed by atoms with van der Waals surface area (Å²) in [6.07, 6.45) is 0. The van der Waals surface area contributed by atoms with Gasteiger partial charge in [0.2, 0.25) is 0 Å². The second-order valence-electron chi connectivity index (χ2n) is 7.94. The first-order valence-electron chi connectivity index (χ1n) is 8.98. The van der Waals surface area contributed by atoms with Crippen molar-refractivity contribution in [1.29, 1.82) is 0 Å². The first kappa shape index (κ1) is 18.6. The van der Waals surface area contributed by atoms with Crippen LogP contribution in [0.5, 0.6) is 0 Å². The molecule has 2 saturated heterocycles. The van der Waals surface area contributed by atoms with Crippen molar-refractivity contribution in [2.75, 3.05) is 24.5 Å². The Kier molecular flexibility index (Phi) is 4.45. The number of halogens is 1. The number of fused-ring (bicyclic) bond motifs is 1. The number of thiophene rings is 1. The minimum Gasteiger partial charge on any atom is -0.335 e. The molecule has 2 aliphatic rings. The molecule has 8 heteroatoms. The maximum absolute atomic E-state index is 13.3. The summed E-state index contributed by atoms with van der Waals surface area (Å²) in [5.41, 5.74) is 0.536. The lowest BCUT2D eigenvalue weighted by molar-refractivity contribution is -0.119. The van der Waals surface area contributed by atoms with E-state index in [1.807, 2.05) is 19.2 Å². The molecule has 1 aromatic carbocycles. The van der Waals surface area contributed by atoms with E-state index < -0.39 is 23.8 Å². The fraction of sp³-hybridized carbons (Fsp3) is 0.350. The second-order valence-corrected chi connectivity index (χ2v) is 8.72. The molecule has 2 fully saturated rings. The molecular weight excluding hydrogens is 381 g/mol. The normalized spacial score (nSPS) is 21.7. The zero-order chi connectivity index (χ0) is 20.1. The van der Waals surface area contributed by atoms with Crippen molar-refractivity contribution in [1.82, 2.24) is 9.80 Å². The van der Waals surface area contributed by atoms with E-state index in [1.165, 1.54) is 40.5 Å². The molecule has 0 aliphatic carbocycles. The number of rotatable bonds is 2. The summed E-state index contributed by atoms with van der Waals surface area (Å²) in [7, 11) is 0. The van der Waals surface area contributed by atoms with Crippen LogP contribution in [0.15, 0.2) is 41.1 Å². The zero-order valence-corrected chi connectivity index (χ0v) is 16.4. The Bertz CT molecular complexity index is 927. The molecule has 146 valence electrons. The summed E-state index contributed by atoms with van der Waals surface area (Å²) in [6, 6.07) is 5.84. The Morgan fingerprint density at radius 1 is 1.14 bits per heavy atom. The minimum absolute atomic E-state index is 0.139. The molecule has 1 atom stereocenters. The molecule has 3 heterocycles. The van der Waals surface area contributed by atoms with Gasteiger partial charge in [-0.15, -0.1) is 0 Å². The summed E-state index contributed by atoms with van der Waals surface area (Å²) < 4.78 is 13.3. The number of anilines is 1. The molecule has 1 unspecified atom stereocenters. The first-order valence-corrected chi connectivity index (χ1v) is 9.93. The molecule has 0 bridgehead atoms. The highest BCUT2D eigenvalue weighted by Crippen LogP contribution is 2.33. The number of imide groups is 1. The minimum atomic E-state index is -0.748. The fourth-order valence-corrected chi connectivity index (χ4v) is 4.47. The Labute approximate surface area is 166 Å². The molecule has 6 nitrogen and oxygen atoms in total. The van der Waals surface area contributed by atoms with E-state index in [-0.39, 0.29) is 17.9 Å². The van der Waals surface area contributed by atoms with Gasteiger partial charge in [0.1, 0.15) is 11.9 Å². The van der Waals surface area contributed by atoms with E-state index in [9.17, 15) is 18.8 Å². The molecule has 4 amide bonds. The largest absolute Gasteiger partial charge is 0.335 e. The number of nitrogens with zero attached hydrogens (tertiary/aromatic N) is 3. The second kappa shape index (κ2) is 6.70. The van der Waals surface area contributed by atoms with Crippen molar-refractivity contribution in [2.24, 2.45) is 5.41 Å². The number of urea groups is 1. The first-order chi connectivity index (χ1) is 13.3. The van der Waals surface area contributed by atoms with Crippen LogP contribution in [0.1, 0.15) is 24.2 Å². The van der Waals surface area contributed by atoms with Gasteiger partial charge in [0.05, 0.1) is 17.8 Å². The van der Waals surface area contributed by atoms with Crippen LogP contribution in [-0.4, -0.2) is 53.3 Å². The van der Waals surface area contributed by atoms with Crippen LogP contribution in [0.3, 0.4) is 0 Å². The van der Waals surface area contributed by atoms with Crippen molar-refractivity contribution in [3.8, 4) is 0 Å². The molecule has 0 spiro atoms. The highest BCUT2D eigenvalue weighted by atomic mass is 32.1. The smallest absolute Gasteiger partial charge is 0.332 e. The lowest BCUT2D eigenvalue weighted by Crippen LogP contribution is -2.43. The summed E-state index contributed by atoms with van der Waals surface area (Å²) in [6.45, 7) is 4.89. The number of hydrogen-bond donors (Lipinski definition) is 0. The SMILES string of the molecule is CC1(C)CN(C(=O)c2ccsc2)CC2C(=O)N(c3ccc(F)cc3)C(=O)N2C1. The summed E-state index contributed by atoms with van der Waals surface area (Å²) in [4.78, 5) is 43.3. The van der Waals surface area contributed by atoms with Crippen molar-refractivity contribution >= 4 is 34.9 Å². The predicted octanol–water partition coefficient (Wildman–Crippen LogP) is 3.21. The van der Waals surface area contributed by atoms with Crippen LogP contribution in [0.25, 0.3) is 0 Å². The van der Waals surface area contributed by atoms with Crippen LogP contribution in [0.2, 0.25) is 0 Å². The maximum Gasteiger partial charge on any atom is 0.332 e. The average molecular weight is 401 g/mol. The molecule has 0 saturated carbocycles. The number of carbonyl (C=O) groups is 3. The van der Waals surface area contributed by atoms with Crippen LogP contribution < -0.4 is 4.90 Å². The summed E-state index contributed by atoms with van der Waals surface area (Å²) in [5.74, 6) is -0.972. The van der Waals surface area contributed by atoms with E-state index in [0.717, 1.165) is 4.90 Å². The van der Waals surface area contributed by atoms with Gasteiger partial charge in [0.15, 0.2) is 0 Å². The summed E-state index contributed by atoms with van der Waals surface area (Å²) >= 11 is 1.44. The van der Waals surface area contributed by atoms with Gasteiger partial charge in [0.25, 0.3) is 11.8 Å². The standard InChI is InChI=1S/C20H20FN3O3S/c1-20(2)11-22(17(25)13-7-8-28-10-13)9-16-18(26)24(19(27)23(16)12-20)15-5-3-14(21)4-6-15/h3-8,10,16H,9,11-12H2,1-2H3. The van der Waals surface area contributed by atoms with Crippen LogP contribution in [-0.2, 0) is 4.79 Å². The highest BCUT2D eigenvalue weighted by molar-refractivity contribution is 7.08. The van der Waals surface area contributed by atoms with Gasteiger partial charge >= 0.3 is 6.03 Å².